The van der Waals surface area contributed by atoms with Gasteiger partial charge in [0.1, 0.15) is 0 Å². The molecule has 28 heavy (non-hydrogen) atoms. The van der Waals surface area contributed by atoms with Crippen LogP contribution in [0.4, 0.5) is 5.69 Å². The SMILES string of the molecule is Cc1ccc(NC(=O)COC(=O)c2ccccc2-c2ccccc2C#N)cc1. The first-order valence-electron chi connectivity index (χ1n) is 8.70. The highest BCUT2D eigenvalue weighted by atomic mass is 16.5. The molecule has 0 aliphatic carbocycles. The maximum atomic E-state index is 12.6. The molecule has 0 radical (unpaired) electrons. The molecule has 0 fully saturated rings. The van der Waals surface area contributed by atoms with Crippen LogP contribution in [0.5, 0.6) is 0 Å². The number of rotatable bonds is 5. The van der Waals surface area contributed by atoms with Crippen LogP contribution in [0.2, 0.25) is 0 Å². The third kappa shape index (κ3) is 4.43. The van der Waals surface area contributed by atoms with Crippen molar-refractivity contribution in [2.24, 2.45) is 0 Å². The molecule has 3 aromatic carbocycles. The minimum atomic E-state index is -0.623. The second-order valence-electron chi connectivity index (χ2n) is 6.19. The van der Waals surface area contributed by atoms with Crippen LogP contribution in [0.25, 0.3) is 11.1 Å². The Morgan fingerprint density at radius 3 is 2.29 bits per heavy atom. The fourth-order valence-electron chi connectivity index (χ4n) is 2.75. The summed E-state index contributed by atoms with van der Waals surface area (Å²) in [5, 5.41) is 12.0. The van der Waals surface area contributed by atoms with Crippen molar-refractivity contribution in [3.63, 3.8) is 0 Å². The summed E-state index contributed by atoms with van der Waals surface area (Å²) in [7, 11) is 0. The summed E-state index contributed by atoms with van der Waals surface area (Å²) >= 11 is 0. The number of aryl methyl sites for hydroxylation is 1. The maximum Gasteiger partial charge on any atom is 0.339 e. The van der Waals surface area contributed by atoms with Crippen LogP contribution >= 0.6 is 0 Å². The minimum Gasteiger partial charge on any atom is -0.452 e. The first-order valence-corrected chi connectivity index (χ1v) is 8.70. The maximum absolute atomic E-state index is 12.6. The summed E-state index contributed by atoms with van der Waals surface area (Å²) in [4.78, 5) is 24.6. The molecule has 0 unspecified atom stereocenters. The van der Waals surface area contributed by atoms with E-state index in [4.69, 9.17) is 4.74 Å². The van der Waals surface area contributed by atoms with Crippen molar-refractivity contribution >= 4 is 17.6 Å². The summed E-state index contributed by atoms with van der Waals surface area (Å²) < 4.78 is 5.19. The number of carbonyl (C=O) groups excluding carboxylic acids is 2. The number of hydrogen-bond acceptors (Lipinski definition) is 4. The molecule has 0 saturated heterocycles. The molecule has 0 heterocycles. The predicted molar refractivity (Wildman–Crippen MR) is 107 cm³/mol. The Bertz CT molecular complexity index is 1050. The number of esters is 1. The van der Waals surface area contributed by atoms with Crippen LogP contribution < -0.4 is 5.32 Å². The molecule has 0 aliphatic rings. The third-order valence-corrected chi connectivity index (χ3v) is 4.15. The van der Waals surface area contributed by atoms with Gasteiger partial charge < -0.3 is 10.1 Å². The normalized spacial score (nSPS) is 10.0. The van der Waals surface area contributed by atoms with E-state index < -0.39 is 18.5 Å². The lowest BCUT2D eigenvalue weighted by Gasteiger charge is -2.11. The lowest BCUT2D eigenvalue weighted by molar-refractivity contribution is -0.119. The van der Waals surface area contributed by atoms with Gasteiger partial charge in [0, 0.05) is 11.3 Å². The van der Waals surface area contributed by atoms with Gasteiger partial charge in [0.2, 0.25) is 0 Å². The highest BCUT2D eigenvalue weighted by Crippen LogP contribution is 2.27. The van der Waals surface area contributed by atoms with E-state index >= 15 is 0 Å². The van der Waals surface area contributed by atoms with Gasteiger partial charge in [0.05, 0.1) is 17.2 Å². The van der Waals surface area contributed by atoms with E-state index in [0.717, 1.165) is 5.56 Å². The number of ether oxygens (including phenoxy) is 1. The molecule has 3 rings (SSSR count). The smallest absolute Gasteiger partial charge is 0.339 e. The van der Waals surface area contributed by atoms with E-state index in [1.165, 1.54) is 0 Å². The zero-order chi connectivity index (χ0) is 19.9. The van der Waals surface area contributed by atoms with Gasteiger partial charge in [-0.25, -0.2) is 4.79 Å². The first-order chi connectivity index (χ1) is 13.6. The van der Waals surface area contributed by atoms with Crippen LogP contribution in [0.1, 0.15) is 21.5 Å². The van der Waals surface area contributed by atoms with Crippen molar-refractivity contribution in [2.45, 2.75) is 6.92 Å². The molecule has 5 heteroatoms. The van der Waals surface area contributed by atoms with Crippen molar-refractivity contribution in [1.82, 2.24) is 0 Å². The molecular formula is C23H18N2O3. The van der Waals surface area contributed by atoms with Crippen LogP contribution in [-0.2, 0) is 9.53 Å². The molecule has 5 nitrogen and oxygen atoms in total. The molecule has 1 N–H and O–H groups in total. The number of amides is 1. The number of nitrogens with zero attached hydrogens (tertiary/aromatic N) is 1. The van der Waals surface area contributed by atoms with E-state index in [9.17, 15) is 14.9 Å². The number of benzene rings is 3. The topological polar surface area (TPSA) is 79.2 Å². The van der Waals surface area contributed by atoms with Crippen molar-refractivity contribution in [1.29, 1.82) is 5.26 Å². The van der Waals surface area contributed by atoms with E-state index in [1.807, 2.05) is 19.1 Å². The summed E-state index contributed by atoms with van der Waals surface area (Å²) in [6, 6.07) is 23.3. The number of hydrogen-bond donors (Lipinski definition) is 1. The average molecular weight is 370 g/mol. The molecule has 0 aliphatic heterocycles. The number of nitrogens with one attached hydrogen (secondary N) is 1. The van der Waals surface area contributed by atoms with E-state index in [2.05, 4.69) is 11.4 Å². The Morgan fingerprint density at radius 1 is 0.929 bits per heavy atom. The van der Waals surface area contributed by atoms with Gasteiger partial charge in [0.25, 0.3) is 5.91 Å². The number of anilines is 1. The van der Waals surface area contributed by atoms with Gasteiger partial charge in [-0.3, -0.25) is 4.79 Å². The zero-order valence-electron chi connectivity index (χ0n) is 15.3. The van der Waals surface area contributed by atoms with Crippen LogP contribution in [0.3, 0.4) is 0 Å². The van der Waals surface area contributed by atoms with Gasteiger partial charge in [-0.05, 0) is 36.8 Å². The molecule has 3 aromatic rings. The monoisotopic (exact) mass is 370 g/mol. The number of nitriles is 1. The Kier molecular flexibility index (Phi) is 5.83. The summed E-state index contributed by atoms with van der Waals surface area (Å²) in [6.45, 7) is 1.55. The summed E-state index contributed by atoms with van der Waals surface area (Å²) in [5.41, 5.74) is 3.70. The van der Waals surface area contributed by atoms with Crippen molar-refractivity contribution in [3.8, 4) is 17.2 Å². The lowest BCUT2D eigenvalue weighted by Crippen LogP contribution is -2.21. The average Bonchev–Trinajstić information content (AvgIpc) is 2.73. The van der Waals surface area contributed by atoms with Gasteiger partial charge in [-0.15, -0.1) is 0 Å². The van der Waals surface area contributed by atoms with Crippen molar-refractivity contribution in [2.75, 3.05) is 11.9 Å². The lowest BCUT2D eigenvalue weighted by atomic mass is 9.96. The summed E-state index contributed by atoms with van der Waals surface area (Å²) in [6.07, 6.45) is 0. The Balaban J connectivity index is 1.72. The molecule has 0 bridgehead atoms. The molecule has 138 valence electrons. The molecule has 0 atom stereocenters. The standard InChI is InChI=1S/C23H18N2O3/c1-16-10-12-18(13-11-16)25-22(26)15-28-23(27)21-9-5-4-8-20(21)19-7-3-2-6-17(19)14-24/h2-13H,15H2,1H3,(H,25,26). The van der Waals surface area contributed by atoms with E-state index in [-0.39, 0.29) is 0 Å². The van der Waals surface area contributed by atoms with Crippen LogP contribution in [0.15, 0.2) is 72.8 Å². The highest BCUT2D eigenvalue weighted by molar-refractivity contribution is 6.00. The van der Waals surface area contributed by atoms with Crippen LogP contribution in [-0.4, -0.2) is 18.5 Å². The van der Waals surface area contributed by atoms with Gasteiger partial charge in [-0.2, -0.15) is 5.26 Å². The summed E-state index contributed by atoms with van der Waals surface area (Å²) in [5.74, 6) is -1.05. The first kappa shape index (κ1) is 18.9. The Hall–Kier alpha value is -3.91. The quantitative estimate of drug-likeness (QED) is 0.678. The fraction of sp³-hybridized carbons (Fsp3) is 0.0870. The van der Waals surface area contributed by atoms with Gasteiger partial charge >= 0.3 is 5.97 Å². The van der Waals surface area contributed by atoms with E-state index in [0.29, 0.717) is 27.9 Å². The Morgan fingerprint density at radius 2 is 1.57 bits per heavy atom. The minimum absolute atomic E-state index is 0.299. The molecule has 0 spiro atoms. The second kappa shape index (κ2) is 8.65. The Labute approximate surface area is 163 Å². The molecular weight excluding hydrogens is 352 g/mol. The van der Waals surface area contributed by atoms with Crippen molar-refractivity contribution < 1.29 is 14.3 Å². The highest BCUT2D eigenvalue weighted by Gasteiger charge is 2.17. The van der Waals surface area contributed by atoms with Crippen molar-refractivity contribution in [3.05, 3.63) is 89.5 Å². The predicted octanol–water partition coefficient (Wildman–Crippen LogP) is 4.33. The third-order valence-electron chi connectivity index (χ3n) is 4.15. The zero-order valence-corrected chi connectivity index (χ0v) is 15.3. The molecule has 1 amide bonds. The molecule has 0 aromatic heterocycles. The van der Waals surface area contributed by atoms with Gasteiger partial charge in [-0.1, -0.05) is 54.1 Å². The molecule has 0 saturated carbocycles. The van der Waals surface area contributed by atoms with Crippen LogP contribution in [0, 0.1) is 18.3 Å². The number of carbonyl (C=O) groups is 2. The van der Waals surface area contributed by atoms with E-state index in [1.54, 1.807) is 60.7 Å². The second-order valence-corrected chi connectivity index (χ2v) is 6.19. The fourth-order valence-corrected chi connectivity index (χ4v) is 2.75. The van der Waals surface area contributed by atoms with Gasteiger partial charge in [0.15, 0.2) is 6.61 Å². The largest absolute Gasteiger partial charge is 0.452 e.